The lowest BCUT2D eigenvalue weighted by Crippen LogP contribution is -2.13. The van der Waals surface area contributed by atoms with Gasteiger partial charge in [-0.3, -0.25) is 9.00 Å². The maximum Gasteiger partial charge on any atom is 0.259 e. The molecule has 0 fully saturated rings. The number of anilines is 1. The van der Waals surface area contributed by atoms with Gasteiger partial charge in [0.1, 0.15) is 5.75 Å². The molecule has 0 aromatic heterocycles. The first kappa shape index (κ1) is 14.3. The Labute approximate surface area is 120 Å². The Balaban J connectivity index is 2.23. The van der Waals surface area contributed by atoms with Gasteiger partial charge in [-0.05, 0) is 30.3 Å². The van der Waals surface area contributed by atoms with E-state index >= 15 is 0 Å². The van der Waals surface area contributed by atoms with E-state index in [-0.39, 0.29) is 5.91 Å². The zero-order chi connectivity index (χ0) is 14.5. The molecule has 20 heavy (non-hydrogen) atoms. The third-order valence-corrected chi connectivity index (χ3v) is 3.69. The lowest BCUT2D eigenvalue weighted by atomic mass is 10.2. The molecule has 0 aliphatic rings. The van der Waals surface area contributed by atoms with Gasteiger partial charge >= 0.3 is 0 Å². The Morgan fingerprint density at radius 3 is 2.60 bits per heavy atom. The summed E-state index contributed by atoms with van der Waals surface area (Å²) in [5.74, 6) is 0.252. The fourth-order valence-corrected chi connectivity index (χ4v) is 2.35. The molecule has 0 bridgehead atoms. The van der Waals surface area contributed by atoms with Crippen LogP contribution in [0.4, 0.5) is 5.69 Å². The fraction of sp³-hybridized carbons (Fsp3) is 0.133. The van der Waals surface area contributed by atoms with Gasteiger partial charge in [-0.15, -0.1) is 0 Å². The second kappa shape index (κ2) is 6.34. The first-order valence-electron chi connectivity index (χ1n) is 5.99. The van der Waals surface area contributed by atoms with E-state index in [1.54, 1.807) is 54.8 Å². The molecule has 0 radical (unpaired) electrons. The molecule has 1 atom stereocenters. The van der Waals surface area contributed by atoms with Gasteiger partial charge in [-0.25, -0.2) is 0 Å². The van der Waals surface area contributed by atoms with Crippen molar-refractivity contribution < 1.29 is 13.7 Å². The monoisotopic (exact) mass is 289 g/mol. The second-order valence-electron chi connectivity index (χ2n) is 4.14. The van der Waals surface area contributed by atoms with E-state index in [1.807, 2.05) is 0 Å². The Bertz CT molecular complexity index is 655. The minimum Gasteiger partial charge on any atom is -0.496 e. The van der Waals surface area contributed by atoms with E-state index in [0.29, 0.717) is 21.9 Å². The third-order valence-electron chi connectivity index (χ3n) is 2.78. The summed E-state index contributed by atoms with van der Waals surface area (Å²) in [6.45, 7) is 0. The molecule has 104 valence electrons. The van der Waals surface area contributed by atoms with Crippen molar-refractivity contribution in [2.75, 3.05) is 18.7 Å². The first-order valence-corrected chi connectivity index (χ1v) is 7.55. The molecule has 0 aliphatic heterocycles. The highest BCUT2D eigenvalue weighted by molar-refractivity contribution is 7.84. The quantitative estimate of drug-likeness (QED) is 0.941. The summed E-state index contributed by atoms with van der Waals surface area (Å²) in [4.78, 5) is 12.9. The molecule has 5 heteroatoms. The van der Waals surface area contributed by atoms with Crippen molar-refractivity contribution in [2.24, 2.45) is 0 Å². The average Bonchev–Trinajstić information content (AvgIpc) is 2.47. The van der Waals surface area contributed by atoms with Gasteiger partial charge in [-0.1, -0.05) is 18.2 Å². The largest absolute Gasteiger partial charge is 0.496 e. The van der Waals surface area contributed by atoms with E-state index in [1.165, 1.54) is 7.11 Å². The number of ether oxygens (including phenoxy) is 1. The Morgan fingerprint density at radius 2 is 1.90 bits per heavy atom. The Hall–Kier alpha value is -2.14. The van der Waals surface area contributed by atoms with Crippen LogP contribution in [0.15, 0.2) is 53.4 Å². The summed E-state index contributed by atoms with van der Waals surface area (Å²) < 4.78 is 16.6. The summed E-state index contributed by atoms with van der Waals surface area (Å²) in [6.07, 6.45) is 1.60. The predicted octanol–water partition coefficient (Wildman–Crippen LogP) is 2.68. The van der Waals surface area contributed by atoms with Crippen molar-refractivity contribution in [2.45, 2.75) is 4.90 Å². The van der Waals surface area contributed by atoms with Crippen LogP contribution >= 0.6 is 0 Å². The maximum atomic E-state index is 12.2. The standard InChI is InChI=1S/C15H15NO3S/c1-19-14-9-4-3-8-13(14)15(17)16-11-6-5-7-12(10-11)20(2)18/h3-10H,1-2H3,(H,16,17)/t20-/m1/s1. The highest BCUT2D eigenvalue weighted by Gasteiger charge is 2.11. The number of carbonyl (C=O) groups excluding carboxylic acids is 1. The number of nitrogens with one attached hydrogen (secondary N) is 1. The number of para-hydroxylation sites is 1. The van der Waals surface area contributed by atoms with Gasteiger partial charge < -0.3 is 10.1 Å². The molecule has 0 heterocycles. The van der Waals surface area contributed by atoms with Crippen LogP contribution in [0.5, 0.6) is 5.75 Å². The number of methoxy groups -OCH3 is 1. The molecule has 1 N–H and O–H groups in total. The number of hydrogen-bond acceptors (Lipinski definition) is 3. The van der Waals surface area contributed by atoms with Crippen LogP contribution in [0, 0.1) is 0 Å². The Morgan fingerprint density at radius 1 is 1.15 bits per heavy atom. The van der Waals surface area contributed by atoms with Crippen LogP contribution in [0.3, 0.4) is 0 Å². The van der Waals surface area contributed by atoms with E-state index < -0.39 is 10.8 Å². The van der Waals surface area contributed by atoms with Gasteiger partial charge in [-0.2, -0.15) is 0 Å². The SMILES string of the molecule is COc1ccccc1C(=O)Nc1cccc([S@@](C)=O)c1. The lowest BCUT2D eigenvalue weighted by Gasteiger charge is -2.09. The third kappa shape index (κ3) is 3.24. The highest BCUT2D eigenvalue weighted by Crippen LogP contribution is 2.20. The van der Waals surface area contributed by atoms with Crippen LogP contribution in [-0.4, -0.2) is 23.5 Å². The van der Waals surface area contributed by atoms with E-state index in [2.05, 4.69) is 5.32 Å². The summed E-state index contributed by atoms with van der Waals surface area (Å²) in [7, 11) is 0.440. The van der Waals surface area contributed by atoms with Crippen molar-refractivity contribution in [1.29, 1.82) is 0 Å². The number of rotatable bonds is 4. The topological polar surface area (TPSA) is 55.4 Å². The summed E-state index contributed by atoms with van der Waals surface area (Å²) in [6, 6.07) is 14.0. The summed E-state index contributed by atoms with van der Waals surface area (Å²) in [5, 5.41) is 2.77. The van der Waals surface area contributed by atoms with Crippen molar-refractivity contribution in [1.82, 2.24) is 0 Å². The zero-order valence-electron chi connectivity index (χ0n) is 11.3. The fourth-order valence-electron chi connectivity index (χ4n) is 1.78. The average molecular weight is 289 g/mol. The number of carbonyl (C=O) groups is 1. The van der Waals surface area contributed by atoms with Crippen molar-refractivity contribution in [3.8, 4) is 5.75 Å². The van der Waals surface area contributed by atoms with Crippen LogP contribution in [-0.2, 0) is 10.8 Å². The van der Waals surface area contributed by atoms with Gasteiger partial charge in [0.25, 0.3) is 5.91 Å². The lowest BCUT2D eigenvalue weighted by molar-refractivity contribution is 0.102. The van der Waals surface area contributed by atoms with Crippen LogP contribution in [0.25, 0.3) is 0 Å². The molecular formula is C15H15NO3S. The van der Waals surface area contributed by atoms with Gasteiger partial charge in [0.2, 0.25) is 0 Å². The molecule has 0 spiro atoms. The second-order valence-corrected chi connectivity index (χ2v) is 5.52. The van der Waals surface area contributed by atoms with Crippen molar-refractivity contribution in [3.05, 3.63) is 54.1 Å². The number of benzene rings is 2. The van der Waals surface area contributed by atoms with Crippen molar-refractivity contribution >= 4 is 22.4 Å². The molecule has 4 nitrogen and oxygen atoms in total. The van der Waals surface area contributed by atoms with Crippen LogP contribution < -0.4 is 10.1 Å². The van der Waals surface area contributed by atoms with Crippen LogP contribution in [0.2, 0.25) is 0 Å². The summed E-state index contributed by atoms with van der Waals surface area (Å²) in [5.41, 5.74) is 1.06. The van der Waals surface area contributed by atoms with E-state index in [4.69, 9.17) is 4.74 Å². The van der Waals surface area contributed by atoms with Crippen molar-refractivity contribution in [3.63, 3.8) is 0 Å². The highest BCUT2D eigenvalue weighted by atomic mass is 32.2. The molecule has 0 saturated carbocycles. The maximum absolute atomic E-state index is 12.2. The Kier molecular flexibility index (Phi) is 4.53. The van der Waals surface area contributed by atoms with Gasteiger partial charge in [0.15, 0.2) is 0 Å². The zero-order valence-corrected chi connectivity index (χ0v) is 12.1. The molecule has 1 amide bonds. The molecule has 2 aromatic rings. The number of amides is 1. The van der Waals surface area contributed by atoms with Gasteiger partial charge in [0, 0.05) is 27.6 Å². The normalized spacial score (nSPS) is 11.7. The first-order chi connectivity index (χ1) is 9.61. The molecule has 0 unspecified atom stereocenters. The van der Waals surface area contributed by atoms with E-state index in [0.717, 1.165) is 0 Å². The minimum absolute atomic E-state index is 0.263. The van der Waals surface area contributed by atoms with E-state index in [9.17, 15) is 9.00 Å². The summed E-state index contributed by atoms with van der Waals surface area (Å²) >= 11 is 0. The molecule has 0 saturated heterocycles. The molecular weight excluding hydrogens is 274 g/mol. The van der Waals surface area contributed by atoms with Gasteiger partial charge in [0.05, 0.1) is 12.7 Å². The smallest absolute Gasteiger partial charge is 0.259 e. The minimum atomic E-state index is -1.08. The number of hydrogen-bond donors (Lipinski definition) is 1. The molecule has 2 rings (SSSR count). The molecule has 2 aromatic carbocycles. The van der Waals surface area contributed by atoms with Crippen LogP contribution in [0.1, 0.15) is 10.4 Å². The predicted molar refractivity (Wildman–Crippen MR) is 79.7 cm³/mol. The molecule has 0 aliphatic carbocycles.